The van der Waals surface area contributed by atoms with E-state index in [1.807, 2.05) is 24.3 Å². The number of carbonyl (C=O) groups is 1. The number of halogens is 4. The number of ether oxygens (including phenoxy) is 1. The Labute approximate surface area is 268 Å². The molecule has 3 heterocycles. The molecule has 2 fully saturated rings. The van der Waals surface area contributed by atoms with Crippen molar-refractivity contribution in [1.29, 1.82) is 0 Å². The average Bonchev–Trinajstić information content (AvgIpc) is 3.46. The predicted molar refractivity (Wildman–Crippen MR) is 174 cm³/mol. The molecule has 1 aromatic heterocycles. The smallest absolute Gasteiger partial charge is 0.416 e. The summed E-state index contributed by atoms with van der Waals surface area (Å²) in [4.78, 5) is 16.8. The second kappa shape index (κ2) is 13.3. The fourth-order valence-electron chi connectivity index (χ4n) is 6.32. The van der Waals surface area contributed by atoms with Crippen LogP contribution in [0, 0.1) is 11.8 Å². The van der Waals surface area contributed by atoms with E-state index in [0.717, 1.165) is 107 Å². The SMILES string of the molecule is CC(C(=O)c1cc2ccc(-c3ccc(C(F)(F)F)cc3)cc2s1)C1CCN(Cc2ccc(OC3CCNCC3)c(Br)c2)CC1. The van der Waals surface area contributed by atoms with Gasteiger partial charge in [-0.15, -0.1) is 11.3 Å². The van der Waals surface area contributed by atoms with E-state index in [1.165, 1.54) is 29.0 Å². The van der Waals surface area contributed by atoms with Gasteiger partial charge in [-0.1, -0.05) is 37.3 Å². The van der Waals surface area contributed by atoms with Gasteiger partial charge in [-0.05, 0) is 132 Å². The van der Waals surface area contributed by atoms with Gasteiger partial charge in [-0.25, -0.2) is 0 Å². The number of rotatable bonds is 8. The molecule has 6 rings (SSSR count). The lowest BCUT2D eigenvalue weighted by atomic mass is 9.82. The maximum atomic E-state index is 13.6. The minimum atomic E-state index is -4.36. The molecule has 0 bridgehead atoms. The lowest BCUT2D eigenvalue weighted by molar-refractivity contribution is -0.137. The molecule has 1 N–H and O–H groups in total. The Hall–Kier alpha value is -2.72. The van der Waals surface area contributed by atoms with E-state index in [9.17, 15) is 18.0 Å². The van der Waals surface area contributed by atoms with Crippen LogP contribution in [0.3, 0.4) is 0 Å². The number of hydrogen-bond donors (Lipinski definition) is 1. The van der Waals surface area contributed by atoms with Crippen molar-refractivity contribution in [3.63, 3.8) is 0 Å². The molecule has 1 atom stereocenters. The first-order valence-corrected chi connectivity index (χ1v) is 16.9. The number of ketones is 1. The van der Waals surface area contributed by atoms with E-state index in [0.29, 0.717) is 5.92 Å². The Balaban J connectivity index is 1.04. The van der Waals surface area contributed by atoms with Gasteiger partial charge in [-0.2, -0.15) is 13.2 Å². The number of hydrogen-bond acceptors (Lipinski definition) is 5. The Morgan fingerprint density at radius 1 is 0.977 bits per heavy atom. The fraction of sp³-hybridized carbons (Fsp3) is 0.400. The molecule has 4 aromatic rings. The van der Waals surface area contributed by atoms with Crippen LogP contribution in [0.1, 0.15) is 53.4 Å². The Bertz CT molecular complexity index is 1610. The van der Waals surface area contributed by atoms with Crippen LogP contribution in [0.5, 0.6) is 5.75 Å². The van der Waals surface area contributed by atoms with Crippen LogP contribution in [0.4, 0.5) is 13.2 Å². The lowest BCUT2D eigenvalue weighted by Crippen LogP contribution is -2.36. The molecule has 2 saturated heterocycles. The quantitative estimate of drug-likeness (QED) is 0.188. The number of piperidine rings is 2. The van der Waals surface area contributed by atoms with Crippen LogP contribution >= 0.6 is 27.3 Å². The van der Waals surface area contributed by atoms with Gasteiger partial charge >= 0.3 is 6.18 Å². The number of thiophene rings is 1. The van der Waals surface area contributed by atoms with Gasteiger partial charge in [0.25, 0.3) is 0 Å². The highest BCUT2D eigenvalue weighted by molar-refractivity contribution is 9.10. The van der Waals surface area contributed by atoms with Crippen molar-refractivity contribution in [3.8, 4) is 16.9 Å². The number of likely N-dealkylation sites (tertiary alicyclic amines) is 1. The topological polar surface area (TPSA) is 41.6 Å². The van der Waals surface area contributed by atoms with Crippen LogP contribution in [-0.2, 0) is 12.7 Å². The molecule has 0 aliphatic carbocycles. The number of nitrogens with zero attached hydrogens (tertiary/aromatic N) is 1. The van der Waals surface area contributed by atoms with Gasteiger partial charge in [0.2, 0.25) is 0 Å². The van der Waals surface area contributed by atoms with Crippen LogP contribution in [0.15, 0.2) is 71.2 Å². The third-order valence-electron chi connectivity index (χ3n) is 9.04. The van der Waals surface area contributed by atoms with Crippen LogP contribution < -0.4 is 10.1 Å². The van der Waals surface area contributed by atoms with Gasteiger partial charge in [0.1, 0.15) is 11.9 Å². The van der Waals surface area contributed by atoms with E-state index >= 15 is 0 Å². The number of fused-ring (bicyclic) bond motifs is 1. The third kappa shape index (κ3) is 7.22. The molecule has 0 radical (unpaired) electrons. The van der Waals surface area contributed by atoms with E-state index in [1.54, 1.807) is 0 Å². The highest BCUT2D eigenvalue weighted by Gasteiger charge is 2.31. The highest BCUT2D eigenvalue weighted by atomic mass is 79.9. The summed E-state index contributed by atoms with van der Waals surface area (Å²) in [6.07, 6.45) is -0.0776. The molecule has 232 valence electrons. The summed E-state index contributed by atoms with van der Waals surface area (Å²) in [7, 11) is 0. The standard InChI is InChI=1S/C35H36BrF3N2O2S/c1-22(24-12-16-41(17-13-24)21-23-2-9-31(30(36)18-23)43-29-10-14-40-15-11-29)34(42)33-20-27-4-3-26(19-32(27)44-33)25-5-7-28(8-6-25)35(37,38)39/h2-9,18-20,22,24,29,40H,10-17,21H2,1H3. The zero-order valence-corrected chi connectivity index (χ0v) is 27.0. The summed E-state index contributed by atoms with van der Waals surface area (Å²) >= 11 is 5.18. The minimum absolute atomic E-state index is 0.0693. The molecule has 1 unspecified atom stereocenters. The van der Waals surface area contributed by atoms with Crippen molar-refractivity contribution in [2.75, 3.05) is 26.2 Å². The van der Waals surface area contributed by atoms with Crippen molar-refractivity contribution in [1.82, 2.24) is 10.2 Å². The lowest BCUT2D eigenvalue weighted by Gasteiger charge is -2.34. The van der Waals surface area contributed by atoms with Gasteiger partial charge in [0.15, 0.2) is 5.78 Å². The molecule has 0 saturated carbocycles. The summed E-state index contributed by atoms with van der Waals surface area (Å²) < 4.78 is 47.1. The predicted octanol–water partition coefficient (Wildman–Crippen LogP) is 9.21. The van der Waals surface area contributed by atoms with Gasteiger partial charge in [0.05, 0.1) is 14.9 Å². The number of alkyl halides is 3. The summed E-state index contributed by atoms with van der Waals surface area (Å²) in [5.74, 6) is 1.34. The van der Waals surface area contributed by atoms with Crippen LogP contribution in [0.25, 0.3) is 21.2 Å². The average molecular weight is 686 g/mol. The number of benzene rings is 3. The summed E-state index contributed by atoms with van der Waals surface area (Å²) in [6.45, 7) is 6.84. The summed E-state index contributed by atoms with van der Waals surface area (Å²) in [6, 6.07) is 19.4. The first kappa shape index (κ1) is 31.3. The maximum absolute atomic E-state index is 13.6. The first-order chi connectivity index (χ1) is 21.1. The normalized spacial score (nSPS) is 18.0. The summed E-state index contributed by atoms with van der Waals surface area (Å²) in [5.41, 5.74) is 2.14. The molecular weight excluding hydrogens is 649 g/mol. The zero-order chi connectivity index (χ0) is 30.8. The monoisotopic (exact) mass is 684 g/mol. The van der Waals surface area contributed by atoms with E-state index < -0.39 is 11.7 Å². The molecule has 2 aliphatic rings. The molecule has 44 heavy (non-hydrogen) atoms. The van der Waals surface area contributed by atoms with E-state index in [-0.39, 0.29) is 17.8 Å². The largest absolute Gasteiger partial charge is 0.489 e. The number of carbonyl (C=O) groups excluding carboxylic acids is 1. The highest BCUT2D eigenvalue weighted by Crippen LogP contribution is 2.36. The zero-order valence-electron chi connectivity index (χ0n) is 24.6. The summed E-state index contributed by atoms with van der Waals surface area (Å²) in [5, 5.41) is 4.35. The Kier molecular flexibility index (Phi) is 9.47. The van der Waals surface area contributed by atoms with Gasteiger partial charge < -0.3 is 10.1 Å². The molecular formula is C35H36BrF3N2O2S. The van der Waals surface area contributed by atoms with Gasteiger partial charge in [-0.3, -0.25) is 9.69 Å². The van der Waals surface area contributed by atoms with Crippen molar-refractivity contribution in [2.45, 2.75) is 51.4 Å². The van der Waals surface area contributed by atoms with Crippen molar-refractivity contribution in [2.24, 2.45) is 11.8 Å². The van der Waals surface area contributed by atoms with E-state index in [4.69, 9.17) is 4.74 Å². The second-order valence-corrected chi connectivity index (χ2v) is 14.0. The Morgan fingerprint density at radius 2 is 1.68 bits per heavy atom. The maximum Gasteiger partial charge on any atom is 0.416 e. The van der Waals surface area contributed by atoms with Gasteiger partial charge in [0, 0.05) is 17.2 Å². The van der Waals surface area contributed by atoms with Crippen molar-refractivity contribution < 1.29 is 22.7 Å². The molecule has 2 aliphatic heterocycles. The molecule has 0 amide bonds. The second-order valence-electron chi connectivity index (χ2n) is 12.0. The fourth-order valence-corrected chi connectivity index (χ4v) is 7.98. The molecule has 4 nitrogen and oxygen atoms in total. The van der Waals surface area contributed by atoms with E-state index in [2.05, 4.69) is 51.3 Å². The molecule has 0 spiro atoms. The minimum Gasteiger partial charge on any atom is -0.489 e. The van der Waals surface area contributed by atoms with Crippen molar-refractivity contribution in [3.05, 3.63) is 87.2 Å². The Morgan fingerprint density at radius 3 is 2.36 bits per heavy atom. The third-order valence-corrected chi connectivity index (χ3v) is 10.8. The molecule has 9 heteroatoms. The number of nitrogens with one attached hydrogen (secondary N) is 1. The first-order valence-electron chi connectivity index (χ1n) is 15.3. The number of Topliss-reactive ketones (excluding diaryl/α,β-unsaturated/α-hetero) is 1. The van der Waals surface area contributed by atoms with Crippen LogP contribution in [-0.4, -0.2) is 43.0 Å². The van der Waals surface area contributed by atoms with Crippen LogP contribution in [0.2, 0.25) is 0 Å². The van der Waals surface area contributed by atoms with Crippen molar-refractivity contribution >= 4 is 43.1 Å². The molecule has 3 aromatic carbocycles.